The molecular weight excluding hydrogens is 480 g/mol. The highest BCUT2D eigenvalue weighted by Crippen LogP contribution is 2.49. The predicted octanol–water partition coefficient (Wildman–Crippen LogP) is 2.87. The summed E-state index contributed by atoms with van der Waals surface area (Å²) < 4.78 is 41.0. The van der Waals surface area contributed by atoms with Crippen molar-refractivity contribution in [2.45, 2.75) is 42.7 Å². The van der Waals surface area contributed by atoms with E-state index in [0.29, 0.717) is 28.7 Å². The van der Waals surface area contributed by atoms with Crippen LogP contribution in [0.3, 0.4) is 0 Å². The van der Waals surface area contributed by atoms with Crippen molar-refractivity contribution in [3.63, 3.8) is 0 Å². The van der Waals surface area contributed by atoms with Crippen molar-refractivity contribution in [1.82, 2.24) is 9.97 Å². The summed E-state index contributed by atoms with van der Waals surface area (Å²) in [6.45, 7) is 0.588. The topological polar surface area (TPSA) is 111 Å². The Kier molecular flexibility index (Phi) is 5.20. The number of H-pyrrole nitrogens is 1. The van der Waals surface area contributed by atoms with Gasteiger partial charge in [0.25, 0.3) is 0 Å². The third-order valence-electron chi connectivity index (χ3n) is 6.95. The number of nitrogens with zero attached hydrogens (tertiary/aromatic N) is 1. The van der Waals surface area contributed by atoms with E-state index in [-0.39, 0.29) is 36.1 Å². The zero-order chi connectivity index (χ0) is 23.7. The van der Waals surface area contributed by atoms with E-state index in [4.69, 9.17) is 30.8 Å². The zero-order valence-corrected chi connectivity index (χ0v) is 20.1. The molecule has 1 saturated carbocycles. The second kappa shape index (κ2) is 7.93. The number of rotatable bonds is 6. The van der Waals surface area contributed by atoms with Gasteiger partial charge in [0.1, 0.15) is 28.1 Å². The standard InChI is InChI=1S/C24H25ClN2O6S/c1-34(29,30)12-24(6-7-24)14-4-2-13(3-5-14)21-15(25)8-16-17(27-21)9-20(26-16)33-19-11-32-22-18(28)10-31-23(19)22/h2-5,8-9,18-19,22-23,26,28H,6-7,10-12H2,1H3/t18?,19-,22?,23?/m1/s1. The van der Waals surface area contributed by atoms with Crippen LogP contribution in [0.1, 0.15) is 18.4 Å². The third kappa shape index (κ3) is 3.99. The molecule has 4 atom stereocenters. The van der Waals surface area contributed by atoms with Crippen molar-refractivity contribution in [2.75, 3.05) is 25.2 Å². The van der Waals surface area contributed by atoms with Gasteiger partial charge in [0.05, 0.1) is 40.7 Å². The van der Waals surface area contributed by atoms with Crippen LogP contribution in [0.2, 0.25) is 5.02 Å². The van der Waals surface area contributed by atoms with Crippen LogP contribution in [0.15, 0.2) is 36.4 Å². The number of aliphatic hydroxyl groups is 1. The highest BCUT2D eigenvalue weighted by atomic mass is 35.5. The molecule has 3 fully saturated rings. The Bertz CT molecular complexity index is 1350. The van der Waals surface area contributed by atoms with E-state index in [2.05, 4.69) is 4.98 Å². The van der Waals surface area contributed by atoms with E-state index in [1.165, 1.54) is 6.26 Å². The number of hydrogen-bond acceptors (Lipinski definition) is 7. The highest BCUT2D eigenvalue weighted by Gasteiger charge is 2.49. The second-order valence-electron chi connectivity index (χ2n) is 9.63. The first-order chi connectivity index (χ1) is 16.2. The number of sulfone groups is 1. The van der Waals surface area contributed by atoms with Crippen LogP contribution in [0.5, 0.6) is 5.88 Å². The molecule has 4 heterocycles. The number of fused-ring (bicyclic) bond motifs is 2. The number of aromatic nitrogens is 2. The summed E-state index contributed by atoms with van der Waals surface area (Å²) in [5, 5.41) is 10.4. The Hall–Kier alpha value is -2.17. The fourth-order valence-electron chi connectivity index (χ4n) is 5.13. The van der Waals surface area contributed by atoms with Crippen LogP contribution in [0.25, 0.3) is 22.3 Å². The Morgan fingerprint density at radius 3 is 2.62 bits per heavy atom. The third-order valence-corrected chi connectivity index (χ3v) is 8.32. The summed E-state index contributed by atoms with van der Waals surface area (Å²) in [5.41, 5.74) is 3.72. The second-order valence-corrected chi connectivity index (χ2v) is 12.2. The van der Waals surface area contributed by atoms with Crippen molar-refractivity contribution < 1.29 is 27.7 Å². The van der Waals surface area contributed by atoms with E-state index in [1.54, 1.807) is 0 Å². The maximum atomic E-state index is 11.8. The number of nitrogens with one attached hydrogen (secondary N) is 1. The minimum atomic E-state index is -3.05. The maximum Gasteiger partial charge on any atom is 0.193 e. The number of hydrogen-bond donors (Lipinski definition) is 2. The molecule has 1 aromatic carbocycles. The van der Waals surface area contributed by atoms with Gasteiger partial charge in [-0.15, -0.1) is 0 Å². The van der Waals surface area contributed by atoms with Gasteiger partial charge in [0, 0.05) is 23.3 Å². The van der Waals surface area contributed by atoms with E-state index in [0.717, 1.165) is 29.5 Å². The number of benzene rings is 1. The van der Waals surface area contributed by atoms with Crippen molar-refractivity contribution in [2.24, 2.45) is 0 Å². The normalized spacial score (nSPS) is 27.7. The minimum absolute atomic E-state index is 0.175. The lowest BCUT2D eigenvalue weighted by Gasteiger charge is -2.16. The lowest BCUT2D eigenvalue weighted by Crippen LogP contribution is -2.34. The largest absolute Gasteiger partial charge is 0.470 e. The van der Waals surface area contributed by atoms with Gasteiger partial charge in [-0.1, -0.05) is 35.9 Å². The van der Waals surface area contributed by atoms with Crippen LogP contribution >= 0.6 is 11.6 Å². The number of ether oxygens (including phenoxy) is 3. The van der Waals surface area contributed by atoms with Crippen LogP contribution in [-0.4, -0.2) is 73.1 Å². The molecule has 0 bridgehead atoms. The highest BCUT2D eigenvalue weighted by molar-refractivity contribution is 7.90. The van der Waals surface area contributed by atoms with Gasteiger partial charge in [-0.3, -0.25) is 0 Å². The molecule has 3 unspecified atom stereocenters. The van der Waals surface area contributed by atoms with E-state index in [9.17, 15) is 13.5 Å². The smallest absolute Gasteiger partial charge is 0.193 e. The van der Waals surface area contributed by atoms with Crippen molar-refractivity contribution in [3.8, 4) is 17.1 Å². The van der Waals surface area contributed by atoms with Gasteiger partial charge in [-0.2, -0.15) is 0 Å². The van der Waals surface area contributed by atoms with E-state index < -0.39 is 15.9 Å². The molecular formula is C24H25ClN2O6S. The Balaban J connectivity index is 1.24. The van der Waals surface area contributed by atoms with Gasteiger partial charge in [0.2, 0.25) is 0 Å². The fraction of sp³-hybridized carbons (Fsp3) is 0.458. The predicted molar refractivity (Wildman–Crippen MR) is 127 cm³/mol. The SMILES string of the molecule is CS(=O)(=O)CC1(c2ccc(-c3nc4cc(O[C@@H]5COC6C(O)COC65)[nH]c4cc3Cl)cc2)CC1. The summed E-state index contributed by atoms with van der Waals surface area (Å²) in [4.78, 5) is 7.94. The molecule has 34 heavy (non-hydrogen) atoms. The average Bonchev–Trinajstić information content (AvgIpc) is 3.10. The molecule has 0 amide bonds. The maximum absolute atomic E-state index is 11.8. The van der Waals surface area contributed by atoms with Gasteiger partial charge in [0.15, 0.2) is 12.0 Å². The zero-order valence-electron chi connectivity index (χ0n) is 18.5. The number of aliphatic hydroxyl groups excluding tert-OH is 1. The molecule has 3 aliphatic rings. The summed E-state index contributed by atoms with van der Waals surface area (Å²) in [5.74, 6) is 0.704. The average molecular weight is 505 g/mol. The number of aromatic amines is 1. The number of pyridine rings is 1. The summed E-state index contributed by atoms with van der Waals surface area (Å²) in [7, 11) is -3.05. The van der Waals surface area contributed by atoms with Crippen LogP contribution < -0.4 is 4.74 Å². The Morgan fingerprint density at radius 1 is 1.18 bits per heavy atom. The molecule has 10 heteroatoms. The summed E-state index contributed by atoms with van der Waals surface area (Å²) in [6, 6.07) is 11.5. The fourth-order valence-corrected chi connectivity index (χ4v) is 6.85. The molecule has 3 aromatic rings. The lowest BCUT2D eigenvalue weighted by atomic mass is 9.96. The monoisotopic (exact) mass is 504 g/mol. The van der Waals surface area contributed by atoms with Crippen LogP contribution in [-0.2, 0) is 24.7 Å². The summed E-state index contributed by atoms with van der Waals surface area (Å²) in [6.07, 6.45) is 1.45. The van der Waals surface area contributed by atoms with E-state index >= 15 is 0 Å². The molecule has 6 rings (SSSR count). The quantitative estimate of drug-likeness (QED) is 0.531. The molecule has 2 N–H and O–H groups in total. The van der Waals surface area contributed by atoms with E-state index in [1.807, 2.05) is 36.4 Å². The number of halogens is 1. The molecule has 2 aromatic heterocycles. The molecule has 8 nitrogen and oxygen atoms in total. The summed E-state index contributed by atoms with van der Waals surface area (Å²) >= 11 is 6.57. The van der Waals surface area contributed by atoms with Crippen LogP contribution in [0.4, 0.5) is 0 Å². The first kappa shape index (κ1) is 22.3. The van der Waals surface area contributed by atoms with Gasteiger partial charge in [-0.05, 0) is 24.5 Å². The molecule has 180 valence electrons. The van der Waals surface area contributed by atoms with Gasteiger partial charge < -0.3 is 24.3 Å². The Labute approximate surface area is 202 Å². The van der Waals surface area contributed by atoms with Crippen LogP contribution in [0, 0.1) is 0 Å². The molecule has 0 spiro atoms. The molecule has 2 saturated heterocycles. The minimum Gasteiger partial charge on any atom is -0.470 e. The molecule has 0 radical (unpaired) electrons. The van der Waals surface area contributed by atoms with Gasteiger partial charge in [-0.25, -0.2) is 13.4 Å². The molecule has 2 aliphatic heterocycles. The molecule has 1 aliphatic carbocycles. The van der Waals surface area contributed by atoms with Gasteiger partial charge >= 0.3 is 0 Å². The first-order valence-corrected chi connectivity index (χ1v) is 13.7. The lowest BCUT2D eigenvalue weighted by molar-refractivity contribution is 0.00794. The van der Waals surface area contributed by atoms with Crippen molar-refractivity contribution in [3.05, 3.63) is 47.0 Å². The Morgan fingerprint density at radius 2 is 1.91 bits per heavy atom. The first-order valence-electron chi connectivity index (χ1n) is 11.3. The van der Waals surface area contributed by atoms with Crippen molar-refractivity contribution in [1.29, 1.82) is 0 Å². The van der Waals surface area contributed by atoms with Crippen molar-refractivity contribution >= 4 is 32.5 Å².